The maximum atomic E-state index is 8.70. The summed E-state index contributed by atoms with van der Waals surface area (Å²) in [5.74, 6) is 0.631. The summed E-state index contributed by atoms with van der Waals surface area (Å²) < 4.78 is 7.63. The fraction of sp³-hybridized carbons (Fsp3) is 0.571. The molecule has 0 aliphatic heterocycles. The van der Waals surface area contributed by atoms with Gasteiger partial charge >= 0.3 is 0 Å². The molecule has 0 radical (unpaired) electrons. The van der Waals surface area contributed by atoms with Gasteiger partial charge in [-0.3, -0.25) is 4.72 Å². The topological polar surface area (TPSA) is 108 Å². The van der Waals surface area contributed by atoms with Gasteiger partial charge in [0.15, 0.2) is 11.5 Å². The van der Waals surface area contributed by atoms with Crippen LogP contribution in [0.4, 0.5) is 5.82 Å². The first-order valence-corrected chi connectivity index (χ1v) is 5.78. The van der Waals surface area contributed by atoms with Crippen molar-refractivity contribution in [2.24, 2.45) is 5.16 Å². The highest BCUT2D eigenvalue weighted by atomic mass is 32.2. The summed E-state index contributed by atoms with van der Waals surface area (Å²) in [4.78, 5) is 0. The average molecular weight is 246 g/mol. The fourth-order valence-corrected chi connectivity index (χ4v) is 1.32. The van der Waals surface area contributed by atoms with E-state index >= 15 is 0 Å². The Labute approximate surface area is 96.9 Å². The van der Waals surface area contributed by atoms with Crippen molar-refractivity contribution in [1.82, 2.24) is 20.4 Å². The third-order valence-electron chi connectivity index (χ3n) is 1.71. The van der Waals surface area contributed by atoms with Gasteiger partial charge in [0, 0.05) is 20.1 Å². The molecule has 9 heteroatoms. The molecule has 0 aliphatic carbocycles. The Morgan fingerprint density at radius 1 is 1.50 bits per heavy atom. The summed E-state index contributed by atoms with van der Waals surface area (Å²) in [6, 6.07) is 0. The molecule has 1 heterocycles. The second-order valence-electron chi connectivity index (χ2n) is 2.69. The van der Waals surface area contributed by atoms with Crippen molar-refractivity contribution in [2.45, 2.75) is 0 Å². The smallest absolute Gasteiger partial charge is 0.202 e. The summed E-state index contributed by atoms with van der Waals surface area (Å²) in [6.45, 7) is 1.42. The van der Waals surface area contributed by atoms with Crippen LogP contribution in [0.1, 0.15) is 5.69 Å². The molecule has 1 aromatic heterocycles. The van der Waals surface area contributed by atoms with Gasteiger partial charge in [0.05, 0.1) is 0 Å². The molecule has 1 aromatic rings. The number of nitrogens with one attached hydrogen (secondary N) is 3. The molecule has 0 saturated carbocycles. The molecule has 0 bridgehead atoms. The van der Waals surface area contributed by atoms with E-state index in [1.807, 2.05) is 6.26 Å². The van der Waals surface area contributed by atoms with Crippen molar-refractivity contribution >= 4 is 23.6 Å². The fourth-order valence-electron chi connectivity index (χ4n) is 1.01. The molecule has 90 valence electrons. The molecular weight excluding hydrogens is 232 g/mol. The minimum Gasteiger partial charge on any atom is -0.409 e. The summed E-state index contributed by atoms with van der Waals surface area (Å²) in [6.07, 6.45) is 1.95. The first-order valence-electron chi connectivity index (χ1n) is 4.56. The number of anilines is 1. The van der Waals surface area contributed by atoms with Crippen LogP contribution < -0.4 is 15.4 Å². The van der Waals surface area contributed by atoms with Gasteiger partial charge in [0.25, 0.3) is 0 Å². The lowest BCUT2D eigenvalue weighted by molar-refractivity contribution is 0.304. The molecule has 0 saturated heterocycles. The highest BCUT2D eigenvalue weighted by Gasteiger charge is 2.15. The zero-order valence-corrected chi connectivity index (χ0v) is 9.84. The molecule has 0 atom stereocenters. The number of hydrogen-bond acceptors (Lipinski definition) is 8. The second-order valence-corrected chi connectivity index (χ2v) is 3.38. The van der Waals surface area contributed by atoms with Crippen molar-refractivity contribution in [3.8, 4) is 0 Å². The van der Waals surface area contributed by atoms with Crippen molar-refractivity contribution in [1.29, 1.82) is 0 Å². The number of aromatic nitrogens is 2. The minimum absolute atomic E-state index is 0.196. The van der Waals surface area contributed by atoms with Crippen LogP contribution in [0.5, 0.6) is 0 Å². The van der Waals surface area contributed by atoms with E-state index in [1.165, 1.54) is 11.9 Å². The van der Waals surface area contributed by atoms with Gasteiger partial charge < -0.3 is 15.8 Å². The normalized spacial score (nSPS) is 11.5. The van der Waals surface area contributed by atoms with E-state index in [1.54, 1.807) is 7.05 Å². The monoisotopic (exact) mass is 246 g/mol. The van der Waals surface area contributed by atoms with E-state index in [-0.39, 0.29) is 5.84 Å². The van der Waals surface area contributed by atoms with Gasteiger partial charge in [-0.05, 0) is 16.6 Å². The molecule has 0 unspecified atom stereocenters. The number of amidine groups is 1. The van der Waals surface area contributed by atoms with Crippen LogP contribution in [-0.2, 0) is 0 Å². The van der Waals surface area contributed by atoms with Crippen LogP contribution in [0.2, 0.25) is 0 Å². The number of oxime groups is 1. The Balaban J connectivity index is 2.57. The molecule has 0 spiro atoms. The molecule has 0 fully saturated rings. The first kappa shape index (κ1) is 12.6. The zero-order valence-electron chi connectivity index (χ0n) is 9.02. The SMILES string of the molecule is CN/C(=N\O)c1nonc1NCCNSC. The maximum Gasteiger partial charge on any atom is 0.202 e. The minimum atomic E-state index is 0.196. The Bertz CT molecular complexity index is 341. The third kappa shape index (κ3) is 3.28. The van der Waals surface area contributed by atoms with Crippen LogP contribution in [0.3, 0.4) is 0 Å². The molecule has 0 aromatic carbocycles. The highest BCUT2D eigenvalue weighted by molar-refractivity contribution is 7.96. The molecule has 1 rings (SSSR count). The predicted octanol–water partition coefficient (Wildman–Crippen LogP) is -0.296. The van der Waals surface area contributed by atoms with Gasteiger partial charge in [-0.25, -0.2) is 4.63 Å². The summed E-state index contributed by atoms with van der Waals surface area (Å²) >= 11 is 1.53. The zero-order chi connectivity index (χ0) is 11.8. The molecule has 0 aliphatic rings. The van der Waals surface area contributed by atoms with Crippen LogP contribution in [0.25, 0.3) is 0 Å². The van der Waals surface area contributed by atoms with E-state index in [2.05, 4.69) is 35.5 Å². The lowest BCUT2D eigenvalue weighted by Gasteiger charge is -2.04. The first-order chi connectivity index (χ1) is 7.83. The summed E-state index contributed by atoms with van der Waals surface area (Å²) in [5, 5.41) is 24.7. The van der Waals surface area contributed by atoms with Gasteiger partial charge in [-0.2, -0.15) is 0 Å². The Hall–Kier alpha value is -1.48. The van der Waals surface area contributed by atoms with Crippen LogP contribution in [0.15, 0.2) is 9.78 Å². The number of hydrogen-bond donors (Lipinski definition) is 4. The maximum absolute atomic E-state index is 8.70. The predicted molar refractivity (Wildman–Crippen MR) is 61.7 cm³/mol. The Morgan fingerprint density at radius 3 is 2.94 bits per heavy atom. The quantitative estimate of drug-likeness (QED) is 0.135. The summed E-state index contributed by atoms with van der Waals surface area (Å²) in [5.41, 5.74) is 0.342. The Kier molecular flexibility index (Phi) is 5.43. The van der Waals surface area contributed by atoms with Crippen LogP contribution >= 0.6 is 11.9 Å². The molecule has 8 nitrogen and oxygen atoms in total. The third-order valence-corrected chi connectivity index (χ3v) is 2.21. The van der Waals surface area contributed by atoms with Crippen molar-refractivity contribution in [3.05, 3.63) is 5.69 Å². The molecule has 16 heavy (non-hydrogen) atoms. The van der Waals surface area contributed by atoms with Crippen molar-refractivity contribution in [2.75, 3.05) is 31.7 Å². The Morgan fingerprint density at radius 2 is 2.31 bits per heavy atom. The van der Waals surface area contributed by atoms with Crippen LogP contribution in [0, 0.1) is 0 Å². The van der Waals surface area contributed by atoms with E-state index < -0.39 is 0 Å². The highest BCUT2D eigenvalue weighted by Crippen LogP contribution is 2.08. The van der Waals surface area contributed by atoms with E-state index in [0.29, 0.717) is 18.1 Å². The van der Waals surface area contributed by atoms with E-state index in [9.17, 15) is 0 Å². The van der Waals surface area contributed by atoms with E-state index in [4.69, 9.17) is 5.21 Å². The summed E-state index contributed by atoms with van der Waals surface area (Å²) in [7, 11) is 1.61. The lowest BCUT2D eigenvalue weighted by Crippen LogP contribution is -2.23. The molecule has 4 N–H and O–H groups in total. The largest absolute Gasteiger partial charge is 0.409 e. The number of nitrogens with zero attached hydrogens (tertiary/aromatic N) is 3. The van der Waals surface area contributed by atoms with Gasteiger partial charge in [0.2, 0.25) is 5.82 Å². The second kappa shape index (κ2) is 6.90. The van der Waals surface area contributed by atoms with E-state index in [0.717, 1.165) is 6.54 Å². The van der Waals surface area contributed by atoms with Gasteiger partial charge in [0.1, 0.15) is 0 Å². The lowest BCUT2D eigenvalue weighted by atomic mass is 10.4. The number of rotatable bonds is 6. The van der Waals surface area contributed by atoms with Crippen molar-refractivity contribution in [3.63, 3.8) is 0 Å². The average Bonchev–Trinajstić information content (AvgIpc) is 2.75. The standard InChI is InChI=1S/C7H14N6O2S/c1-8-6(11-14)5-7(13-15-12-5)9-3-4-10-16-2/h10,14H,3-4H2,1-2H3,(H,8,11)(H,9,13). The van der Waals surface area contributed by atoms with Crippen LogP contribution in [-0.4, -0.2) is 47.7 Å². The molecule has 0 amide bonds. The molecular formula is C7H14N6O2S. The van der Waals surface area contributed by atoms with Gasteiger partial charge in [-0.1, -0.05) is 17.1 Å². The van der Waals surface area contributed by atoms with Crippen molar-refractivity contribution < 1.29 is 9.84 Å². The van der Waals surface area contributed by atoms with Gasteiger partial charge in [-0.15, -0.1) is 0 Å².